The van der Waals surface area contributed by atoms with Crippen molar-refractivity contribution in [2.75, 3.05) is 26.2 Å². The molecule has 2 aliphatic rings. The van der Waals surface area contributed by atoms with Gasteiger partial charge < -0.3 is 10.1 Å². The van der Waals surface area contributed by atoms with Gasteiger partial charge in [-0.05, 0) is 43.1 Å². The fraction of sp³-hybridized carbons (Fsp3) is 0.647. The van der Waals surface area contributed by atoms with Gasteiger partial charge in [0.15, 0.2) is 0 Å². The fourth-order valence-corrected chi connectivity index (χ4v) is 4.20. The Morgan fingerprint density at radius 3 is 3.05 bits per heavy atom. The maximum atomic E-state index is 5.85. The maximum absolute atomic E-state index is 5.85. The van der Waals surface area contributed by atoms with Crippen molar-refractivity contribution in [3.63, 3.8) is 0 Å². The Labute approximate surface area is 136 Å². The normalized spacial score (nSPS) is 25.7. The quantitative estimate of drug-likeness (QED) is 0.900. The van der Waals surface area contributed by atoms with Gasteiger partial charge in [0.25, 0.3) is 0 Å². The molecule has 1 aromatic rings. The summed E-state index contributed by atoms with van der Waals surface area (Å²) in [5.41, 5.74) is 2.70. The molecule has 0 saturated carbocycles. The summed E-state index contributed by atoms with van der Waals surface area (Å²) < 4.78 is 7.03. The van der Waals surface area contributed by atoms with E-state index in [1.807, 2.05) is 0 Å². The zero-order valence-corrected chi connectivity index (χ0v) is 14.6. The fourth-order valence-electron chi connectivity index (χ4n) is 3.65. The van der Waals surface area contributed by atoms with Crippen molar-refractivity contribution >= 4 is 15.9 Å². The number of nitrogens with zero attached hydrogens (tertiary/aromatic N) is 1. The van der Waals surface area contributed by atoms with Crippen LogP contribution in [0.2, 0.25) is 0 Å². The largest absolute Gasteiger partial charge is 0.493 e. The molecule has 21 heavy (non-hydrogen) atoms. The van der Waals surface area contributed by atoms with Gasteiger partial charge in [-0.3, -0.25) is 4.90 Å². The van der Waals surface area contributed by atoms with Gasteiger partial charge in [0.1, 0.15) is 5.75 Å². The molecule has 1 N–H and O–H groups in total. The van der Waals surface area contributed by atoms with E-state index in [4.69, 9.17) is 4.74 Å². The average Bonchev–Trinajstić information content (AvgIpc) is 2.90. The lowest BCUT2D eigenvalue weighted by Gasteiger charge is -2.37. The highest BCUT2D eigenvalue weighted by Gasteiger charge is 2.26. The Bertz CT molecular complexity index is 506. The van der Waals surface area contributed by atoms with Gasteiger partial charge in [-0.15, -0.1) is 0 Å². The van der Waals surface area contributed by atoms with Crippen LogP contribution in [-0.4, -0.2) is 37.2 Å². The van der Waals surface area contributed by atoms with Crippen LogP contribution < -0.4 is 10.1 Å². The molecule has 0 bridgehead atoms. The van der Waals surface area contributed by atoms with E-state index in [0.29, 0.717) is 12.0 Å². The van der Waals surface area contributed by atoms with Gasteiger partial charge in [-0.2, -0.15) is 0 Å². The Morgan fingerprint density at radius 1 is 1.43 bits per heavy atom. The number of likely N-dealkylation sites (tertiary alicyclic amines) is 1. The van der Waals surface area contributed by atoms with E-state index in [2.05, 4.69) is 52.1 Å². The molecule has 116 valence electrons. The first-order valence-electron chi connectivity index (χ1n) is 8.07. The number of halogens is 1. The zero-order valence-electron chi connectivity index (χ0n) is 13.0. The topological polar surface area (TPSA) is 24.5 Å². The number of hydrogen-bond donors (Lipinski definition) is 1. The first-order valence-corrected chi connectivity index (χ1v) is 8.86. The summed E-state index contributed by atoms with van der Waals surface area (Å²) >= 11 is 3.64. The van der Waals surface area contributed by atoms with E-state index >= 15 is 0 Å². The molecular formula is C17H25BrN2O. The maximum Gasteiger partial charge on any atom is 0.127 e. The number of ether oxygens (including phenoxy) is 1. The Kier molecular flexibility index (Phi) is 4.87. The third kappa shape index (κ3) is 3.43. The van der Waals surface area contributed by atoms with Gasteiger partial charge in [0, 0.05) is 35.6 Å². The van der Waals surface area contributed by atoms with Crippen molar-refractivity contribution in [2.24, 2.45) is 5.92 Å². The number of rotatable bonds is 4. The van der Waals surface area contributed by atoms with Crippen molar-refractivity contribution in [1.29, 1.82) is 0 Å². The van der Waals surface area contributed by atoms with Gasteiger partial charge in [-0.25, -0.2) is 0 Å². The second-order valence-corrected chi connectivity index (χ2v) is 7.23. The highest BCUT2D eigenvalue weighted by molar-refractivity contribution is 9.10. The summed E-state index contributed by atoms with van der Waals surface area (Å²) in [6.07, 6.45) is 2.28. The molecule has 3 nitrogen and oxygen atoms in total. The van der Waals surface area contributed by atoms with Crippen molar-refractivity contribution in [3.05, 3.63) is 27.7 Å². The van der Waals surface area contributed by atoms with E-state index in [-0.39, 0.29) is 0 Å². The molecule has 0 radical (unpaired) electrons. The van der Waals surface area contributed by atoms with Gasteiger partial charge in [0.05, 0.1) is 6.61 Å². The molecule has 1 aromatic carbocycles. The molecule has 2 unspecified atom stereocenters. The van der Waals surface area contributed by atoms with Crippen LogP contribution >= 0.6 is 15.9 Å². The van der Waals surface area contributed by atoms with Crippen LogP contribution in [0.15, 0.2) is 16.6 Å². The SMILES string of the molecule is CCNC1CCN(Cc2cc(Br)cc3c2OCC3)CC1C. The lowest BCUT2D eigenvalue weighted by molar-refractivity contribution is 0.141. The minimum Gasteiger partial charge on any atom is -0.493 e. The van der Waals surface area contributed by atoms with E-state index in [0.717, 1.165) is 31.9 Å². The summed E-state index contributed by atoms with van der Waals surface area (Å²) in [5.74, 6) is 1.85. The van der Waals surface area contributed by atoms with Crippen molar-refractivity contribution < 1.29 is 4.74 Å². The van der Waals surface area contributed by atoms with Crippen LogP contribution in [0.4, 0.5) is 0 Å². The van der Waals surface area contributed by atoms with Gasteiger partial charge >= 0.3 is 0 Å². The molecule has 1 saturated heterocycles. The first-order chi connectivity index (χ1) is 10.2. The number of nitrogens with one attached hydrogen (secondary N) is 1. The molecule has 2 heterocycles. The summed E-state index contributed by atoms with van der Waals surface area (Å²) in [4.78, 5) is 2.57. The predicted molar refractivity (Wildman–Crippen MR) is 89.9 cm³/mol. The second-order valence-electron chi connectivity index (χ2n) is 6.32. The van der Waals surface area contributed by atoms with E-state index < -0.39 is 0 Å². The number of piperidine rings is 1. The summed E-state index contributed by atoms with van der Waals surface area (Å²) in [5, 5.41) is 3.61. The summed E-state index contributed by atoms with van der Waals surface area (Å²) in [7, 11) is 0. The smallest absolute Gasteiger partial charge is 0.127 e. The zero-order chi connectivity index (χ0) is 14.8. The minimum atomic E-state index is 0.677. The highest BCUT2D eigenvalue weighted by Crippen LogP contribution is 2.34. The monoisotopic (exact) mass is 352 g/mol. The Hall–Kier alpha value is -0.580. The second kappa shape index (κ2) is 6.67. The standard InChI is InChI=1S/C17H25BrN2O/c1-3-19-16-4-6-20(10-12(16)2)11-14-9-15(18)8-13-5-7-21-17(13)14/h8-9,12,16,19H,3-7,10-11H2,1-2H3. The number of fused-ring (bicyclic) bond motifs is 1. The average molecular weight is 353 g/mol. The van der Waals surface area contributed by atoms with Crippen molar-refractivity contribution in [2.45, 2.75) is 39.3 Å². The molecule has 1 fully saturated rings. The van der Waals surface area contributed by atoms with Crippen LogP contribution in [0.1, 0.15) is 31.4 Å². The molecular weight excluding hydrogens is 328 g/mol. The van der Waals surface area contributed by atoms with Crippen LogP contribution in [0, 0.1) is 5.92 Å². The summed E-state index contributed by atoms with van der Waals surface area (Å²) in [6.45, 7) is 9.80. The molecule has 2 aliphatic heterocycles. The van der Waals surface area contributed by atoms with Crippen LogP contribution in [0.3, 0.4) is 0 Å². The molecule has 2 atom stereocenters. The lowest BCUT2D eigenvalue weighted by Crippen LogP contribution is -2.47. The molecule has 0 amide bonds. The first kappa shape index (κ1) is 15.3. The number of hydrogen-bond acceptors (Lipinski definition) is 3. The van der Waals surface area contributed by atoms with Crippen molar-refractivity contribution in [3.8, 4) is 5.75 Å². The molecule has 4 heteroatoms. The van der Waals surface area contributed by atoms with Crippen LogP contribution in [-0.2, 0) is 13.0 Å². The molecule has 0 aliphatic carbocycles. The molecule has 0 spiro atoms. The third-order valence-electron chi connectivity index (χ3n) is 4.68. The van der Waals surface area contributed by atoms with Crippen molar-refractivity contribution in [1.82, 2.24) is 10.2 Å². The molecule has 0 aromatic heterocycles. The lowest BCUT2D eigenvalue weighted by atomic mass is 9.93. The van der Waals surface area contributed by atoms with E-state index in [1.165, 1.54) is 35.1 Å². The Morgan fingerprint density at radius 2 is 2.29 bits per heavy atom. The van der Waals surface area contributed by atoms with Crippen LogP contribution in [0.5, 0.6) is 5.75 Å². The Balaban J connectivity index is 1.68. The van der Waals surface area contributed by atoms with Gasteiger partial charge in [-0.1, -0.05) is 29.8 Å². The third-order valence-corrected chi connectivity index (χ3v) is 5.13. The minimum absolute atomic E-state index is 0.677. The predicted octanol–water partition coefficient (Wildman–Crippen LogP) is 3.20. The van der Waals surface area contributed by atoms with E-state index in [1.54, 1.807) is 0 Å². The number of benzene rings is 1. The van der Waals surface area contributed by atoms with Gasteiger partial charge in [0.2, 0.25) is 0 Å². The van der Waals surface area contributed by atoms with E-state index in [9.17, 15) is 0 Å². The summed E-state index contributed by atoms with van der Waals surface area (Å²) in [6, 6.07) is 5.10. The highest BCUT2D eigenvalue weighted by atomic mass is 79.9. The molecule has 3 rings (SSSR count). The van der Waals surface area contributed by atoms with Crippen LogP contribution in [0.25, 0.3) is 0 Å².